The number of carbonyl (C=O) groups is 1. The second-order valence-electron chi connectivity index (χ2n) is 5.76. The second kappa shape index (κ2) is 5.16. The highest BCUT2D eigenvalue weighted by molar-refractivity contribution is 9.10. The lowest BCUT2D eigenvalue weighted by Crippen LogP contribution is -2.40. The number of anilines is 1. The number of amides is 2. The van der Waals surface area contributed by atoms with Gasteiger partial charge in [0.25, 0.3) is 0 Å². The van der Waals surface area contributed by atoms with Crippen molar-refractivity contribution in [2.45, 2.75) is 38.6 Å². The van der Waals surface area contributed by atoms with Crippen molar-refractivity contribution >= 4 is 27.6 Å². The Morgan fingerprint density at radius 1 is 1.26 bits per heavy atom. The van der Waals surface area contributed by atoms with Crippen LogP contribution in [-0.2, 0) is 0 Å². The van der Waals surface area contributed by atoms with Gasteiger partial charge in [0.2, 0.25) is 0 Å². The van der Waals surface area contributed by atoms with E-state index in [1.165, 1.54) is 31.2 Å². The normalized spacial score (nSPS) is 18.5. The van der Waals surface area contributed by atoms with Crippen molar-refractivity contribution in [3.63, 3.8) is 0 Å². The Bertz CT molecular complexity index is 483. The van der Waals surface area contributed by atoms with Gasteiger partial charge in [0.05, 0.1) is 0 Å². The van der Waals surface area contributed by atoms with Crippen LogP contribution in [0.2, 0.25) is 0 Å². The quantitative estimate of drug-likeness (QED) is 0.862. The van der Waals surface area contributed by atoms with Gasteiger partial charge in [0.1, 0.15) is 0 Å². The number of urea groups is 1. The van der Waals surface area contributed by atoms with E-state index in [-0.39, 0.29) is 6.03 Å². The summed E-state index contributed by atoms with van der Waals surface area (Å²) in [6, 6.07) is 6.20. The summed E-state index contributed by atoms with van der Waals surface area (Å²) in [5.41, 5.74) is 2.00. The largest absolute Gasteiger partial charge is 0.335 e. The van der Waals surface area contributed by atoms with Crippen LogP contribution in [0.1, 0.15) is 31.2 Å². The molecular formula is C15H19BrN2O. The summed E-state index contributed by atoms with van der Waals surface area (Å²) in [5.74, 6) is 1.45. The molecule has 3 rings (SSSR count). The summed E-state index contributed by atoms with van der Waals surface area (Å²) in [5, 5.41) is 6.08. The lowest BCUT2D eigenvalue weighted by atomic mass is 10.1. The SMILES string of the molecule is Cc1ccc(NC(=O)NC(C2CC2)C2CC2)cc1Br. The molecule has 2 saturated carbocycles. The molecule has 2 N–H and O–H groups in total. The first kappa shape index (κ1) is 13.0. The van der Waals surface area contributed by atoms with E-state index in [4.69, 9.17) is 0 Å². The summed E-state index contributed by atoms with van der Waals surface area (Å²) >= 11 is 3.48. The first-order chi connectivity index (χ1) is 9.13. The lowest BCUT2D eigenvalue weighted by Gasteiger charge is -2.18. The van der Waals surface area contributed by atoms with E-state index < -0.39 is 0 Å². The van der Waals surface area contributed by atoms with E-state index in [0.29, 0.717) is 6.04 Å². The predicted octanol–water partition coefficient (Wildman–Crippen LogP) is 4.07. The number of nitrogens with one attached hydrogen (secondary N) is 2. The van der Waals surface area contributed by atoms with Crippen LogP contribution in [0.25, 0.3) is 0 Å². The fourth-order valence-corrected chi connectivity index (χ4v) is 2.90. The van der Waals surface area contributed by atoms with E-state index in [1.807, 2.05) is 25.1 Å². The third-order valence-electron chi connectivity index (χ3n) is 3.99. The molecule has 0 aromatic heterocycles. The molecule has 4 heteroatoms. The first-order valence-electron chi connectivity index (χ1n) is 6.97. The van der Waals surface area contributed by atoms with Crippen LogP contribution < -0.4 is 10.6 Å². The van der Waals surface area contributed by atoms with E-state index in [9.17, 15) is 4.79 Å². The number of hydrogen-bond donors (Lipinski definition) is 2. The average Bonchev–Trinajstić information content (AvgIpc) is 3.25. The first-order valence-corrected chi connectivity index (χ1v) is 7.76. The molecule has 3 nitrogen and oxygen atoms in total. The van der Waals surface area contributed by atoms with E-state index >= 15 is 0 Å². The zero-order valence-corrected chi connectivity index (χ0v) is 12.7. The molecule has 0 unspecified atom stereocenters. The zero-order chi connectivity index (χ0) is 13.4. The maximum absolute atomic E-state index is 12.0. The van der Waals surface area contributed by atoms with Gasteiger partial charge in [0, 0.05) is 16.2 Å². The smallest absolute Gasteiger partial charge is 0.319 e. The van der Waals surface area contributed by atoms with Gasteiger partial charge in [-0.15, -0.1) is 0 Å². The average molecular weight is 323 g/mol. The highest BCUT2D eigenvalue weighted by atomic mass is 79.9. The number of rotatable bonds is 4. The number of hydrogen-bond acceptors (Lipinski definition) is 1. The van der Waals surface area contributed by atoms with E-state index in [2.05, 4.69) is 26.6 Å². The van der Waals surface area contributed by atoms with Crippen LogP contribution >= 0.6 is 15.9 Å². The minimum absolute atomic E-state index is 0.0699. The summed E-state index contributed by atoms with van der Waals surface area (Å²) in [6.07, 6.45) is 5.10. The summed E-state index contributed by atoms with van der Waals surface area (Å²) < 4.78 is 1.02. The third-order valence-corrected chi connectivity index (χ3v) is 4.84. The van der Waals surface area contributed by atoms with Crippen molar-refractivity contribution in [3.8, 4) is 0 Å². The second-order valence-corrected chi connectivity index (χ2v) is 6.62. The highest BCUT2D eigenvalue weighted by Crippen LogP contribution is 2.44. The number of benzene rings is 1. The molecule has 2 amide bonds. The standard InChI is InChI=1S/C15H19BrN2O/c1-9-2-7-12(8-13(9)16)17-15(19)18-14(10-3-4-10)11-5-6-11/h2,7-8,10-11,14H,3-6H2,1H3,(H2,17,18,19). The van der Waals surface area contributed by atoms with Gasteiger partial charge in [-0.25, -0.2) is 4.79 Å². The number of aryl methyl sites for hydroxylation is 1. The van der Waals surface area contributed by atoms with Crippen LogP contribution in [0, 0.1) is 18.8 Å². The molecule has 1 aromatic carbocycles. The Balaban J connectivity index is 1.59. The van der Waals surface area contributed by atoms with Crippen molar-refractivity contribution in [1.29, 1.82) is 0 Å². The van der Waals surface area contributed by atoms with Crippen LogP contribution in [-0.4, -0.2) is 12.1 Å². The maximum atomic E-state index is 12.0. The Morgan fingerprint density at radius 2 is 1.89 bits per heavy atom. The molecule has 1 aromatic rings. The fraction of sp³-hybridized carbons (Fsp3) is 0.533. The number of carbonyl (C=O) groups excluding carboxylic acids is 1. The minimum Gasteiger partial charge on any atom is -0.335 e. The summed E-state index contributed by atoms with van der Waals surface area (Å²) in [6.45, 7) is 2.03. The predicted molar refractivity (Wildman–Crippen MR) is 80.3 cm³/mol. The molecular weight excluding hydrogens is 304 g/mol. The van der Waals surface area contributed by atoms with Gasteiger partial charge in [-0.2, -0.15) is 0 Å². The monoisotopic (exact) mass is 322 g/mol. The van der Waals surface area contributed by atoms with Crippen molar-refractivity contribution < 1.29 is 4.79 Å². The van der Waals surface area contributed by atoms with E-state index in [1.54, 1.807) is 0 Å². The third kappa shape index (κ3) is 3.30. The van der Waals surface area contributed by atoms with Crippen LogP contribution in [0.3, 0.4) is 0 Å². The van der Waals surface area contributed by atoms with Gasteiger partial charge < -0.3 is 10.6 Å². The molecule has 2 fully saturated rings. The highest BCUT2D eigenvalue weighted by Gasteiger charge is 2.42. The van der Waals surface area contributed by atoms with Gasteiger partial charge >= 0.3 is 6.03 Å². The molecule has 0 radical (unpaired) electrons. The van der Waals surface area contributed by atoms with Gasteiger partial charge in [0.15, 0.2) is 0 Å². The van der Waals surface area contributed by atoms with Gasteiger partial charge in [-0.1, -0.05) is 22.0 Å². The van der Waals surface area contributed by atoms with Crippen molar-refractivity contribution in [1.82, 2.24) is 5.32 Å². The molecule has 0 spiro atoms. The molecule has 2 aliphatic rings. The maximum Gasteiger partial charge on any atom is 0.319 e. The minimum atomic E-state index is -0.0699. The topological polar surface area (TPSA) is 41.1 Å². The Hall–Kier alpha value is -1.03. The van der Waals surface area contributed by atoms with Crippen molar-refractivity contribution in [2.75, 3.05) is 5.32 Å². The number of halogens is 1. The summed E-state index contributed by atoms with van der Waals surface area (Å²) in [7, 11) is 0. The lowest BCUT2D eigenvalue weighted by molar-refractivity contribution is 0.245. The van der Waals surface area contributed by atoms with Crippen molar-refractivity contribution in [2.24, 2.45) is 11.8 Å². The molecule has 0 heterocycles. The molecule has 0 bridgehead atoms. The molecule has 102 valence electrons. The summed E-state index contributed by atoms with van der Waals surface area (Å²) in [4.78, 5) is 12.0. The van der Waals surface area contributed by atoms with Crippen LogP contribution in [0.15, 0.2) is 22.7 Å². The molecule has 19 heavy (non-hydrogen) atoms. The zero-order valence-electron chi connectivity index (χ0n) is 11.1. The Labute approximate surface area is 122 Å². The van der Waals surface area contributed by atoms with Gasteiger partial charge in [-0.3, -0.25) is 0 Å². The van der Waals surface area contributed by atoms with E-state index in [0.717, 1.165) is 22.0 Å². The molecule has 0 aliphatic heterocycles. The molecule has 2 aliphatic carbocycles. The van der Waals surface area contributed by atoms with Crippen molar-refractivity contribution in [3.05, 3.63) is 28.2 Å². The Morgan fingerprint density at radius 3 is 2.42 bits per heavy atom. The van der Waals surface area contributed by atoms with Crippen LogP contribution in [0.5, 0.6) is 0 Å². The van der Waals surface area contributed by atoms with Gasteiger partial charge in [-0.05, 0) is 62.1 Å². The molecule has 0 saturated heterocycles. The molecule has 0 atom stereocenters. The Kier molecular flexibility index (Phi) is 3.52. The fourth-order valence-electron chi connectivity index (χ4n) is 2.52. The van der Waals surface area contributed by atoms with Crippen LogP contribution in [0.4, 0.5) is 10.5 Å².